The Balaban J connectivity index is 1.39. The predicted octanol–water partition coefficient (Wildman–Crippen LogP) is 4.54. The van der Waals surface area contributed by atoms with Crippen molar-refractivity contribution in [3.63, 3.8) is 0 Å². The zero-order chi connectivity index (χ0) is 20.1. The predicted molar refractivity (Wildman–Crippen MR) is 105 cm³/mol. The average Bonchev–Trinajstić information content (AvgIpc) is 2.66. The fourth-order valence-electron chi connectivity index (χ4n) is 3.09. The van der Waals surface area contributed by atoms with E-state index < -0.39 is 17.5 Å². The maximum atomic E-state index is 13.6. The quantitative estimate of drug-likeness (QED) is 0.733. The van der Waals surface area contributed by atoms with Gasteiger partial charge in [-0.15, -0.1) is 0 Å². The molecule has 1 aliphatic heterocycles. The highest BCUT2D eigenvalue weighted by Crippen LogP contribution is 2.28. The summed E-state index contributed by atoms with van der Waals surface area (Å²) in [4.78, 5) is 14.2. The molecule has 8 heteroatoms. The van der Waals surface area contributed by atoms with Gasteiger partial charge in [-0.2, -0.15) is 0 Å². The van der Waals surface area contributed by atoms with E-state index in [0.29, 0.717) is 35.0 Å². The van der Waals surface area contributed by atoms with Gasteiger partial charge >= 0.3 is 0 Å². The molecule has 0 saturated carbocycles. The van der Waals surface area contributed by atoms with Crippen molar-refractivity contribution >= 4 is 29.1 Å². The first-order chi connectivity index (χ1) is 13.4. The third-order valence-electron chi connectivity index (χ3n) is 4.62. The molecule has 2 aromatic rings. The number of nitrogens with one attached hydrogen (secondary N) is 1. The second-order valence-corrected chi connectivity index (χ2v) is 7.43. The first kappa shape index (κ1) is 20.8. The Morgan fingerprint density at radius 1 is 1.11 bits per heavy atom. The van der Waals surface area contributed by atoms with E-state index in [0.717, 1.165) is 38.1 Å². The number of amides is 1. The number of halogens is 4. The Labute approximate surface area is 172 Å². The van der Waals surface area contributed by atoms with Crippen LogP contribution in [-0.2, 0) is 0 Å². The Kier molecular flexibility index (Phi) is 7.10. The Hall–Kier alpha value is -1.89. The number of hydrogen-bond donors (Lipinski definition) is 1. The number of likely N-dealkylation sites (tertiary alicyclic amines) is 1. The van der Waals surface area contributed by atoms with Crippen molar-refractivity contribution in [2.24, 2.45) is 0 Å². The summed E-state index contributed by atoms with van der Waals surface area (Å²) < 4.78 is 32.5. The summed E-state index contributed by atoms with van der Waals surface area (Å²) in [6.07, 6.45) is 1.79. The maximum absolute atomic E-state index is 13.6. The molecular formula is C20H20Cl2F2N2O2. The largest absolute Gasteiger partial charge is 0.490 e. The number of hydrogen-bond acceptors (Lipinski definition) is 3. The molecule has 4 nitrogen and oxygen atoms in total. The van der Waals surface area contributed by atoms with Crippen molar-refractivity contribution in [1.82, 2.24) is 10.2 Å². The maximum Gasteiger partial charge on any atom is 0.254 e. The minimum atomic E-state index is -0.863. The highest BCUT2D eigenvalue weighted by molar-refractivity contribution is 6.42. The van der Waals surface area contributed by atoms with Gasteiger partial charge in [-0.25, -0.2) is 8.78 Å². The summed E-state index contributed by atoms with van der Waals surface area (Å²) in [7, 11) is 0. The van der Waals surface area contributed by atoms with Gasteiger partial charge in [0.05, 0.1) is 15.6 Å². The number of piperidine rings is 1. The molecule has 0 radical (unpaired) electrons. The SMILES string of the molecule is O=C(NCCN1CCC(Oc2ccc(Cl)c(Cl)c2)CC1)c1ccc(F)cc1F. The normalized spacial score (nSPS) is 15.4. The molecule has 1 N–H and O–H groups in total. The van der Waals surface area contributed by atoms with Gasteiger partial charge in [-0.1, -0.05) is 23.2 Å². The molecule has 0 aromatic heterocycles. The third-order valence-corrected chi connectivity index (χ3v) is 5.36. The number of carbonyl (C=O) groups is 1. The van der Waals surface area contributed by atoms with E-state index in [9.17, 15) is 13.6 Å². The van der Waals surface area contributed by atoms with E-state index in [4.69, 9.17) is 27.9 Å². The number of benzene rings is 2. The smallest absolute Gasteiger partial charge is 0.254 e. The number of carbonyl (C=O) groups excluding carboxylic acids is 1. The molecule has 0 unspecified atom stereocenters. The molecule has 3 rings (SSSR count). The van der Waals surface area contributed by atoms with Crippen molar-refractivity contribution in [2.75, 3.05) is 26.2 Å². The number of nitrogens with zero attached hydrogens (tertiary/aromatic N) is 1. The highest BCUT2D eigenvalue weighted by Gasteiger charge is 2.21. The lowest BCUT2D eigenvalue weighted by Gasteiger charge is -2.32. The molecule has 1 heterocycles. The standard InChI is InChI=1S/C20H20Cl2F2N2O2/c21-17-4-2-15(12-18(17)22)28-14-5-8-26(9-6-14)10-7-25-20(27)16-3-1-13(23)11-19(16)24/h1-4,11-12,14H,5-10H2,(H,25,27). The van der Waals surface area contributed by atoms with Crippen LogP contribution in [0.4, 0.5) is 8.78 Å². The van der Waals surface area contributed by atoms with Crippen molar-refractivity contribution in [3.8, 4) is 5.75 Å². The lowest BCUT2D eigenvalue weighted by atomic mass is 10.1. The summed E-state index contributed by atoms with van der Waals surface area (Å²) in [5, 5.41) is 3.62. The van der Waals surface area contributed by atoms with E-state index in [2.05, 4.69) is 10.2 Å². The average molecular weight is 429 g/mol. The van der Waals surface area contributed by atoms with Gasteiger partial charge in [0.1, 0.15) is 23.5 Å². The zero-order valence-corrected chi connectivity index (χ0v) is 16.6. The number of ether oxygens (including phenoxy) is 1. The van der Waals surface area contributed by atoms with Gasteiger partial charge in [0.2, 0.25) is 0 Å². The van der Waals surface area contributed by atoms with Crippen LogP contribution < -0.4 is 10.1 Å². The van der Waals surface area contributed by atoms with E-state index in [-0.39, 0.29) is 11.7 Å². The molecular weight excluding hydrogens is 409 g/mol. The summed E-state index contributed by atoms with van der Waals surface area (Å²) in [6, 6.07) is 8.13. The van der Waals surface area contributed by atoms with Crippen molar-refractivity contribution in [3.05, 3.63) is 63.6 Å². The number of rotatable bonds is 6. The minimum absolute atomic E-state index is 0.0939. The second-order valence-electron chi connectivity index (χ2n) is 6.61. The van der Waals surface area contributed by atoms with Crippen LogP contribution in [0.3, 0.4) is 0 Å². The summed E-state index contributed by atoms with van der Waals surface area (Å²) in [5.41, 5.74) is -0.157. The molecule has 1 aliphatic rings. The molecule has 0 atom stereocenters. The van der Waals surface area contributed by atoms with Crippen LogP contribution in [0.25, 0.3) is 0 Å². The van der Waals surface area contributed by atoms with Crippen LogP contribution >= 0.6 is 23.2 Å². The molecule has 1 saturated heterocycles. The van der Waals surface area contributed by atoms with Crippen LogP contribution in [0.1, 0.15) is 23.2 Å². The molecule has 150 valence electrons. The van der Waals surface area contributed by atoms with Crippen molar-refractivity contribution in [1.29, 1.82) is 0 Å². The first-order valence-corrected chi connectivity index (χ1v) is 9.75. The fraction of sp³-hybridized carbons (Fsp3) is 0.350. The molecule has 0 aliphatic carbocycles. The monoisotopic (exact) mass is 428 g/mol. The van der Waals surface area contributed by atoms with Crippen molar-refractivity contribution in [2.45, 2.75) is 18.9 Å². The summed E-state index contributed by atoms with van der Waals surface area (Å²) in [5.74, 6) is -1.42. The van der Waals surface area contributed by atoms with Crippen LogP contribution in [-0.4, -0.2) is 43.1 Å². The van der Waals surface area contributed by atoms with Crippen LogP contribution in [0.5, 0.6) is 5.75 Å². The Morgan fingerprint density at radius 3 is 2.54 bits per heavy atom. The Bertz CT molecular complexity index is 843. The van der Waals surface area contributed by atoms with E-state index in [1.54, 1.807) is 18.2 Å². The second kappa shape index (κ2) is 9.54. The topological polar surface area (TPSA) is 41.6 Å². The van der Waals surface area contributed by atoms with E-state index >= 15 is 0 Å². The zero-order valence-electron chi connectivity index (χ0n) is 15.1. The van der Waals surface area contributed by atoms with Gasteiger partial charge in [0, 0.05) is 38.3 Å². The molecule has 0 spiro atoms. The fourth-order valence-corrected chi connectivity index (χ4v) is 3.38. The molecule has 0 bridgehead atoms. The van der Waals surface area contributed by atoms with Gasteiger partial charge in [-0.3, -0.25) is 4.79 Å². The van der Waals surface area contributed by atoms with Gasteiger partial charge in [0.15, 0.2) is 0 Å². The molecule has 1 amide bonds. The summed E-state index contributed by atoms with van der Waals surface area (Å²) in [6.45, 7) is 2.68. The van der Waals surface area contributed by atoms with Gasteiger partial charge < -0.3 is 15.0 Å². The van der Waals surface area contributed by atoms with E-state index in [1.165, 1.54) is 0 Å². The first-order valence-electron chi connectivity index (χ1n) is 8.99. The van der Waals surface area contributed by atoms with E-state index in [1.807, 2.05) is 0 Å². The lowest BCUT2D eigenvalue weighted by Crippen LogP contribution is -2.42. The van der Waals surface area contributed by atoms with Crippen LogP contribution in [0.2, 0.25) is 10.0 Å². The van der Waals surface area contributed by atoms with Crippen molar-refractivity contribution < 1.29 is 18.3 Å². The van der Waals surface area contributed by atoms with Gasteiger partial charge in [-0.05, 0) is 37.1 Å². The van der Waals surface area contributed by atoms with Crippen LogP contribution in [0.15, 0.2) is 36.4 Å². The molecule has 1 fully saturated rings. The molecule has 28 heavy (non-hydrogen) atoms. The highest BCUT2D eigenvalue weighted by atomic mass is 35.5. The Morgan fingerprint density at radius 2 is 1.86 bits per heavy atom. The third kappa shape index (κ3) is 5.56. The molecule has 2 aromatic carbocycles. The lowest BCUT2D eigenvalue weighted by molar-refractivity contribution is 0.0902. The summed E-state index contributed by atoms with van der Waals surface area (Å²) >= 11 is 11.9. The minimum Gasteiger partial charge on any atom is -0.490 e. The van der Waals surface area contributed by atoms with Gasteiger partial charge in [0.25, 0.3) is 5.91 Å². The van der Waals surface area contributed by atoms with Crippen LogP contribution in [0, 0.1) is 11.6 Å².